The number of rotatable bonds is 5. The molecule has 0 unspecified atom stereocenters. The first-order valence-corrected chi connectivity index (χ1v) is 5.64. The molecule has 0 atom stereocenters. The number of furan rings is 1. The van der Waals surface area contributed by atoms with Gasteiger partial charge in [0.05, 0.1) is 6.42 Å². The highest BCUT2D eigenvalue weighted by atomic mass is 35.5. The molecule has 0 spiro atoms. The van der Waals surface area contributed by atoms with Crippen molar-refractivity contribution in [1.29, 1.82) is 0 Å². The molecule has 2 aromatic rings. The van der Waals surface area contributed by atoms with E-state index in [2.05, 4.69) is 5.32 Å². The predicted molar refractivity (Wildman–Crippen MR) is 65.2 cm³/mol. The summed E-state index contributed by atoms with van der Waals surface area (Å²) >= 11 is 5.99. The molecule has 0 amide bonds. The molecule has 5 heteroatoms. The smallest absolute Gasteiger partial charge is 0.304 e. The summed E-state index contributed by atoms with van der Waals surface area (Å²) in [6.45, 7) is 0.911. The minimum atomic E-state index is -0.819. The van der Waals surface area contributed by atoms with Gasteiger partial charge in [-0.1, -0.05) is 18.2 Å². The van der Waals surface area contributed by atoms with E-state index in [9.17, 15) is 4.79 Å². The molecule has 0 aliphatic carbocycles. The van der Waals surface area contributed by atoms with E-state index in [0.29, 0.717) is 18.3 Å². The van der Waals surface area contributed by atoms with Gasteiger partial charge in [-0.2, -0.15) is 0 Å². The zero-order chi connectivity index (χ0) is 12.3. The standard InChI is InChI=1S/C12H12ClNO3/c13-12-9(7-14-6-5-11(15)16)8-3-1-2-4-10(8)17-12/h1-4,14H,5-7H2,(H,15,16). The number of carbonyl (C=O) groups is 1. The Morgan fingerprint density at radius 1 is 1.41 bits per heavy atom. The van der Waals surface area contributed by atoms with Crippen LogP contribution in [-0.2, 0) is 11.3 Å². The summed E-state index contributed by atoms with van der Waals surface area (Å²) in [5.41, 5.74) is 1.61. The van der Waals surface area contributed by atoms with Gasteiger partial charge in [-0.3, -0.25) is 4.79 Å². The second-order valence-electron chi connectivity index (χ2n) is 3.67. The molecule has 2 N–H and O–H groups in total. The molecule has 0 saturated heterocycles. The fourth-order valence-electron chi connectivity index (χ4n) is 1.64. The largest absolute Gasteiger partial charge is 0.481 e. The van der Waals surface area contributed by atoms with Crippen LogP contribution >= 0.6 is 11.6 Å². The Balaban J connectivity index is 2.07. The molecular formula is C12H12ClNO3. The number of hydrogen-bond acceptors (Lipinski definition) is 3. The maximum absolute atomic E-state index is 10.4. The number of carboxylic acid groups (broad SMARTS) is 1. The molecule has 0 bridgehead atoms. The van der Waals surface area contributed by atoms with Crippen molar-refractivity contribution in [3.05, 3.63) is 35.0 Å². The zero-order valence-electron chi connectivity index (χ0n) is 9.07. The minimum Gasteiger partial charge on any atom is -0.481 e. The van der Waals surface area contributed by atoms with E-state index in [4.69, 9.17) is 21.1 Å². The summed E-state index contributed by atoms with van der Waals surface area (Å²) in [5, 5.41) is 12.9. The number of hydrogen-bond donors (Lipinski definition) is 2. The van der Waals surface area contributed by atoms with E-state index in [1.807, 2.05) is 24.3 Å². The van der Waals surface area contributed by atoms with Crippen LogP contribution in [0, 0.1) is 0 Å². The number of aliphatic carboxylic acids is 1. The Morgan fingerprint density at radius 3 is 2.94 bits per heavy atom. The monoisotopic (exact) mass is 253 g/mol. The zero-order valence-corrected chi connectivity index (χ0v) is 9.83. The SMILES string of the molecule is O=C(O)CCNCc1c(Cl)oc2ccccc12. The Labute approximate surface area is 103 Å². The summed E-state index contributed by atoms with van der Waals surface area (Å²) in [7, 11) is 0. The van der Waals surface area contributed by atoms with Gasteiger partial charge >= 0.3 is 5.97 Å². The van der Waals surface area contributed by atoms with E-state index in [-0.39, 0.29) is 6.42 Å². The van der Waals surface area contributed by atoms with Gasteiger partial charge < -0.3 is 14.8 Å². The first-order valence-electron chi connectivity index (χ1n) is 5.27. The molecule has 0 aliphatic heterocycles. The lowest BCUT2D eigenvalue weighted by molar-refractivity contribution is -0.136. The molecular weight excluding hydrogens is 242 g/mol. The maximum atomic E-state index is 10.4. The van der Waals surface area contributed by atoms with Crippen molar-refractivity contribution in [3.8, 4) is 0 Å². The van der Waals surface area contributed by atoms with Crippen molar-refractivity contribution in [3.63, 3.8) is 0 Å². The van der Waals surface area contributed by atoms with Crippen LogP contribution in [0.4, 0.5) is 0 Å². The van der Waals surface area contributed by atoms with Gasteiger partial charge in [0.25, 0.3) is 0 Å². The maximum Gasteiger partial charge on any atom is 0.304 e. The lowest BCUT2D eigenvalue weighted by Crippen LogP contribution is -2.17. The van der Waals surface area contributed by atoms with Crippen molar-refractivity contribution in [2.45, 2.75) is 13.0 Å². The summed E-state index contributed by atoms with van der Waals surface area (Å²) in [6, 6.07) is 7.57. The molecule has 1 aromatic heterocycles. The minimum absolute atomic E-state index is 0.0907. The van der Waals surface area contributed by atoms with E-state index in [1.165, 1.54) is 0 Å². The average molecular weight is 254 g/mol. The van der Waals surface area contributed by atoms with Crippen LogP contribution in [0.5, 0.6) is 0 Å². The van der Waals surface area contributed by atoms with E-state index >= 15 is 0 Å². The Hall–Kier alpha value is -1.52. The summed E-state index contributed by atoms with van der Waals surface area (Å²) < 4.78 is 5.39. The molecule has 4 nitrogen and oxygen atoms in total. The highest BCUT2D eigenvalue weighted by Gasteiger charge is 2.11. The molecule has 0 radical (unpaired) electrons. The molecule has 2 rings (SSSR count). The number of benzene rings is 1. The lowest BCUT2D eigenvalue weighted by atomic mass is 10.2. The molecule has 0 aliphatic rings. The second-order valence-corrected chi connectivity index (χ2v) is 4.01. The molecule has 1 heterocycles. The van der Waals surface area contributed by atoms with Crippen LogP contribution in [0.15, 0.2) is 28.7 Å². The quantitative estimate of drug-likeness (QED) is 0.804. The van der Waals surface area contributed by atoms with Gasteiger partial charge in [0.1, 0.15) is 5.58 Å². The fraction of sp³-hybridized carbons (Fsp3) is 0.250. The van der Waals surface area contributed by atoms with Gasteiger partial charge in [-0.25, -0.2) is 0 Å². The second kappa shape index (κ2) is 5.21. The van der Waals surface area contributed by atoms with Crippen molar-refractivity contribution in [1.82, 2.24) is 5.32 Å². The number of halogens is 1. The van der Waals surface area contributed by atoms with Gasteiger partial charge in [-0.05, 0) is 17.7 Å². The Morgan fingerprint density at radius 2 is 2.18 bits per heavy atom. The van der Waals surface area contributed by atoms with Crippen LogP contribution in [-0.4, -0.2) is 17.6 Å². The van der Waals surface area contributed by atoms with Crippen LogP contribution in [0.3, 0.4) is 0 Å². The number of carboxylic acids is 1. The van der Waals surface area contributed by atoms with Crippen molar-refractivity contribution in [2.75, 3.05) is 6.54 Å². The summed E-state index contributed by atoms with van der Waals surface area (Å²) in [4.78, 5) is 10.4. The molecule has 0 saturated carbocycles. The highest BCUT2D eigenvalue weighted by molar-refractivity contribution is 6.30. The van der Waals surface area contributed by atoms with Crippen LogP contribution in [0.1, 0.15) is 12.0 Å². The fourth-order valence-corrected chi connectivity index (χ4v) is 1.89. The lowest BCUT2D eigenvalue weighted by Gasteiger charge is -2.01. The van der Waals surface area contributed by atoms with Crippen LogP contribution < -0.4 is 5.32 Å². The summed E-state index contributed by atoms with van der Waals surface area (Å²) in [6.07, 6.45) is 0.0907. The number of nitrogens with one attached hydrogen (secondary N) is 1. The van der Waals surface area contributed by atoms with E-state index in [1.54, 1.807) is 0 Å². The topological polar surface area (TPSA) is 62.5 Å². The third-order valence-corrected chi connectivity index (χ3v) is 2.77. The van der Waals surface area contributed by atoms with Gasteiger partial charge in [0.15, 0.2) is 5.22 Å². The van der Waals surface area contributed by atoms with E-state index in [0.717, 1.165) is 16.5 Å². The van der Waals surface area contributed by atoms with E-state index < -0.39 is 5.97 Å². The normalized spacial score (nSPS) is 10.9. The highest BCUT2D eigenvalue weighted by Crippen LogP contribution is 2.29. The van der Waals surface area contributed by atoms with Crippen LogP contribution in [0.2, 0.25) is 5.22 Å². The van der Waals surface area contributed by atoms with Crippen molar-refractivity contribution >= 4 is 28.5 Å². The molecule has 90 valence electrons. The summed E-state index contributed by atoms with van der Waals surface area (Å²) in [5.74, 6) is -0.819. The van der Waals surface area contributed by atoms with Crippen molar-refractivity contribution < 1.29 is 14.3 Å². The average Bonchev–Trinajstić information content (AvgIpc) is 2.60. The Bertz CT molecular complexity index is 536. The Kier molecular flexibility index (Phi) is 3.66. The van der Waals surface area contributed by atoms with Crippen molar-refractivity contribution in [2.24, 2.45) is 0 Å². The van der Waals surface area contributed by atoms with Crippen LogP contribution in [0.25, 0.3) is 11.0 Å². The predicted octanol–water partition coefficient (Wildman–Crippen LogP) is 2.65. The van der Waals surface area contributed by atoms with Gasteiger partial charge in [0, 0.05) is 24.0 Å². The number of para-hydroxylation sites is 1. The van der Waals surface area contributed by atoms with Gasteiger partial charge in [-0.15, -0.1) is 0 Å². The molecule has 1 aromatic carbocycles. The molecule has 0 fully saturated rings. The first-order chi connectivity index (χ1) is 8.18. The van der Waals surface area contributed by atoms with Gasteiger partial charge in [0.2, 0.25) is 0 Å². The third-order valence-electron chi connectivity index (χ3n) is 2.47. The third kappa shape index (κ3) is 2.78. The number of fused-ring (bicyclic) bond motifs is 1. The molecule has 17 heavy (non-hydrogen) atoms. The first kappa shape index (κ1) is 12.0.